The molecule has 30 nitrogen and oxygen atoms in total. The minimum absolute atomic E-state index is 0.0740. The number of benzene rings is 7. The number of aliphatic hydroxyl groups is 5. The molecule has 3 atom stereocenters. The van der Waals surface area contributed by atoms with Crippen LogP contribution in [0.2, 0.25) is 0 Å². The van der Waals surface area contributed by atoms with Gasteiger partial charge in [-0.3, -0.25) is 9.59 Å². The molecule has 0 radical (unpaired) electrons. The van der Waals surface area contributed by atoms with E-state index in [1.54, 1.807) is 78.1 Å². The number of carbonyl (C=O) groups is 6. The van der Waals surface area contributed by atoms with Gasteiger partial charge in [0.05, 0.1) is 86.1 Å². The maximum absolute atomic E-state index is 13.6. The molecule has 11 rings (SSSR count). The van der Waals surface area contributed by atoms with Crippen molar-refractivity contribution in [1.29, 1.82) is 10.5 Å². The number of carbonyl (C=O) groups excluding carboxylic acids is 6. The van der Waals surface area contributed by atoms with Gasteiger partial charge >= 0.3 is 23.9 Å². The molecule has 2 amide bonds. The molecule has 10 aromatic rings. The number of nitriles is 2. The predicted octanol–water partition coefficient (Wildman–Crippen LogP) is 12.1. The molecule has 3 aromatic heterocycles. The van der Waals surface area contributed by atoms with E-state index in [4.69, 9.17) is 50.9 Å². The van der Waals surface area contributed by atoms with Gasteiger partial charge in [-0.1, -0.05) is 72.8 Å². The van der Waals surface area contributed by atoms with Gasteiger partial charge in [0.1, 0.15) is 36.0 Å². The monoisotopic (exact) mass is 1740 g/mol. The summed E-state index contributed by atoms with van der Waals surface area (Å²) < 4.78 is 107. The number of aliphatic hydroxyl groups excluding tert-OH is 5. The summed E-state index contributed by atoms with van der Waals surface area (Å²) in [4.78, 5) is 90.2. The third kappa shape index (κ3) is 27.1. The van der Waals surface area contributed by atoms with Crippen LogP contribution in [0.1, 0.15) is 165 Å². The predicted molar refractivity (Wildman–Crippen MR) is 450 cm³/mol. The highest BCUT2D eigenvalue weighted by Gasteiger charge is 2.31. The Morgan fingerprint density at radius 3 is 1.31 bits per heavy atom. The van der Waals surface area contributed by atoms with Gasteiger partial charge in [-0.15, -0.1) is 0 Å². The fraction of sp³-hybridized carbons (Fsp3) is 0.341. The Balaban J connectivity index is 0.000000212. The first kappa shape index (κ1) is 97.7. The second-order valence-electron chi connectivity index (χ2n) is 29.0. The van der Waals surface area contributed by atoms with Crippen LogP contribution < -0.4 is 35.3 Å². The smallest absolute Gasteiger partial charge is 0.374 e. The Labute approximate surface area is 723 Å². The molecule has 1 aliphatic rings. The highest BCUT2D eigenvalue weighted by atomic mass is 19.2. The molecule has 0 bridgehead atoms. The van der Waals surface area contributed by atoms with Gasteiger partial charge in [-0.2, -0.15) is 19.3 Å². The van der Waals surface area contributed by atoms with Crippen LogP contribution in [0.15, 0.2) is 146 Å². The molecule has 0 aliphatic carbocycles. The van der Waals surface area contributed by atoms with Crippen molar-refractivity contribution >= 4 is 41.4 Å². The number of imidazole rings is 3. The lowest BCUT2D eigenvalue weighted by molar-refractivity contribution is 0.0410. The van der Waals surface area contributed by atoms with Crippen LogP contribution in [-0.2, 0) is 53.1 Å². The molecule has 1 aliphatic heterocycles. The van der Waals surface area contributed by atoms with E-state index < -0.39 is 58.7 Å². The maximum Gasteiger partial charge on any atom is 0.374 e. The van der Waals surface area contributed by atoms with Crippen LogP contribution in [0.5, 0.6) is 23.0 Å². The second-order valence-corrected chi connectivity index (χ2v) is 29.0. The van der Waals surface area contributed by atoms with Crippen molar-refractivity contribution in [3.05, 3.63) is 248 Å². The van der Waals surface area contributed by atoms with E-state index in [-0.39, 0.29) is 142 Å². The van der Waals surface area contributed by atoms with Crippen molar-refractivity contribution in [2.45, 2.75) is 150 Å². The van der Waals surface area contributed by atoms with E-state index in [1.807, 2.05) is 107 Å². The fourth-order valence-corrected chi connectivity index (χ4v) is 12.6. The van der Waals surface area contributed by atoms with Gasteiger partial charge in [0.15, 0.2) is 0 Å². The minimum atomic E-state index is -2.37. The second kappa shape index (κ2) is 47.8. The number of cyclic esters (lactones) is 1. The maximum atomic E-state index is 13.6. The molecule has 9 N–H and O–H groups in total. The average Bonchev–Trinajstić information content (AvgIpc) is 1.36. The topological polar surface area (TPSA) is 424 Å². The standard InChI is InChI=1S/C29H34N4O6.C27H28N4O5.C18H25N3O4.C17H10F5NO3/c1-4-38-29(37)27-32-25(18-33(27)12-14-35)21-7-5-20(6-8-21)15-24(11-13-34)31-28(36)22-9-10-26(39-19(2)3)23(16-22)17-30;1-17(2)36-24-8-7-20(14-21(24)15-28)26(33)29-22(9-11-32)13-18-3-5-19(6-4-18)23-16-31-10-12-35-27(34)25(31)30-23;1-2-25-18(24)17-20-16(12-21(17)8-10-23)14-5-3-13(4-6-14)11-15(19)7-9-22;1-7(2)25-10-5-4-8(6-9(10)23-3)17(24)26-16-14(21)12(19)11(18)13(20)15(16)22/h5-10,16,18-19,24,34-35H,4,11-15H2,1-3H3,(H,31,36);3-8,14,16-17,22,32H,9-13H2,1-2H3,(H,29,33);3-6,12,15,22-23H,2,7-11,19H2,1H3;4-7H,1-2H3/t24-;22-;15-;/m111./s1. The average molecular weight is 1740 g/mol. The van der Waals surface area contributed by atoms with Crippen LogP contribution in [0.25, 0.3) is 38.6 Å². The molecule has 126 heavy (non-hydrogen) atoms. The molecule has 0 spiro atoms. The highest BCUT2D eigenvalue weighted by molar-refractivity contribution is 5.96. The number of hydrogen-bond donors (Lipinski definition) is 8. The van der Waals surface area contributed by atoms with Crippen molar-refractivity contribution in [2.24, 2.45) is 5.73 Å². The number of nitrogens with two attached hydrogens (primary N) is 1. The van der Waals surface area contributed by atoms with Crippen LogP contribution in [0, 0.1) is 58.3 Å². The lowest BCUT2D eigenvalue weighted by atomic mass is 10.0. The lowest BCUT2D eigenvalue weighted by Gasteiger charge is -2.19. The Morgan fingerprint density at radius 1 is 0.524 bits per heavy atom. The molecule has 0 unspecified atom stereocenters. The largest absolute Gasteiger partial charge is 0.502 e. The van der Waals surface area contributed by atoms with Gasteiger partial charge in [-0.05, 0) is 165 Å². The summed E-state index contributed by atoms with van der Waals surface area (Å²) >= 11 is 0. The molecular weight excluding hydrogens is 1640 g/mol. The summed E-state index contributed by atoms with van der Waals surface area (Å²) in [5, 5.41) is 71.3. The number of nitrogens with one attached hydrogen (secondary N) is 2. The van der Waals surface area contributed by atoms with E-state index >= 15 is 0 Å². The minimum Gasteiger partial charge on any atom is -0.502 e. The Bertz CT molecular complexity index is 5520. The quantitative estimate of drug-likeness (QED) is 0.00348. The summed E-state index contributed by atoms with van der Waals surface area (Å²) in [7, 11) is 0. The van der Waals surface area contributed by atoms with Crippen molar-refractivity contribution < 1.29 is 109 Å². The van der Waals surface area contributed by atoms with E-state index in [2.05, 4.69) is 47.3 Å². The number of ether oxygens (including phenoxy) is 7. The highest BCUT2D eigenvalue weighted by Crippen LogP contribution is 2.34. The molecule has 4 heterocycles. The van der Waals surface area contributed by atoms with Crippen LogP contribution >= 0.6 is 0 Å². The molecule has 35 heteroatoms. The molecular formula is C91H97F5N12O18. The zero-order valence-electron chi connectivity index (χ0n) is 70.4. The zero-order valence-corrected chi connectivity index (χ0v) is 70.4. The Morgan fingerprint density at radius 2 is 0.921 bits per heavy atom. The number of nitrogens with zero attached hydrogens (tertiary/aromatic N) is 9. The van der Waals surface area contributed by atoms with Gasteiger partial charge in [0, 0.05) is 103 Å². The van der Waals surface area contributed by atoms with Crippen LogP contribution in [0.4, 0.5) is 27.6 Å². The summed E-state index contributed by atoms with van der Waals surface area (Å²) in [6.45, 7) is 22.9. The third-order valence-corrected chi connectivity index (χ3v) is 18.5. The normalized spacial score (nSPS) is 12.0. The van der Waals surface area contributed by atoms with E-state index in [0.29, 0.717) is 103 Å². The molecule has 664 valence electrons. The van der Waals surface area contributed by atoms with Gasteiger partial charge in [0.2, 0.25) is 58.0 Å². The van der Waals surface area contributed by atoms with E-state index in [9.17, 15) is 76.6 Å². The van der Waals surface area contributed by atoms with Gasteiger partial charge < -0.3 is 88.8 Å². The number of esters is 4. The number of aromatic nitrogens is 6. The van der Waals surface area contributed by atoms with Crippen molar-refractivity contribution in [3.63, 3.8) is 0 Å². The van der Waals surface area contributed by atoms with Crippen LogP contribution in [-0.4, -0.2) is 179 Å². The summed E-state index contributed by atoms with van der Waals surface area (Å²) in [5.41, 5.74) is 14.1. The summed E-state index contributed by atoms with van der Waals surface area (Å²) in [6.07, 6.45) is 7.77. The molecule has 0 saturated heterocycles. The first-order valence-corrected chi connectivity index (χ1v) is 40.2. The first-order chi connectivity index (χ1) is 60.4. The van der Waals surface area contributed by atoms with E-state index in [1.165, 1.54) is 18.2 Å². The zero-order chi connectivity index (χ0) is 91.8. The number of rotatable bonds is 35. The summed E-state index contributed by atoms with van der Waals surface area (Å²) in [6, 6.07) is 39.3. The SMILES string of the molecule is CC(C)Oc1ccc(C(=O)N[C@H](CCO)Cc2ccc(-c3cn4c(n3)C(=O)OCC4)cc2)cc1C#N.CCOC(=O)c1nc(-c2ccc(C[C@@H](CCO)NC(=O)c3ccc(OC(C)C)c(C#N)c3)cc2)cn1CCO.CCOC(=O)c1nc(-c2ccc(C[C@H](N)CCO)cc2)cn1CCO.[C-]#[N+]c1cc(C(=O)Oc2c(F)c(F)c(F)c(F)c2F)ccc1OC(C)C. The summed E-state index contributed by atoms with van der Waals surface area (Å²) in [5.74, 6) is -15.1. The van der Waals surface area contributed by atoms with Gasteiger partial charge in [0.25, 0.3) is 11.8 Å². The molecule has 0 fully saturated rings. The third-order valence-electron chi connectivity index (χ3n) is 18.5. The Kier molecular flexibility index (Phi) is 37.1. The first-order valence-electron chi connectivity index (χ1n) is 40.2. The van der Waals surface area contributed by atoms with E-state index in [0.717, 1.165) is 45.5 Å². The van der Waals surface area contributed by atoms with Gasteiger partial charge in [-0.25, -0.2) is 52.1 Å². The van der Waals surface area contributed by atoms with Crippen LogP contribution in [0.3, 0.4) is 0 Å². The van der Waals surface area contributed by atoms with Crippen molar-refractivity contribution in [2.75, 3.05) is 52.9 Å². The number of amides is 2. The number of halogens is 5. The molecule has 0 saturated carbocycles. The van der Waals surface area contributed by atoms with Crippen molar-refractivity contribution in [3.8, 4) is 68.9 Å². The van der Waals surface area contributed by atoms with Crippen molar-refractivity contribution in [1.82, 2.24) is 39.3 Å². The number of fused-ring (bicyclic) bond motifs is 1. The number of hydrogen-bond acceptors (Lipinski definition) is 24. The fourth-order valence-electron chi connectivity index (χ4n) is 12.6. The lowest BCUT2D eigenvalue weighted by Crippen LogP contribution is -2.37. The Hall–Kier alpha value is -13.7. The molecule has 7 aromatic carbocycles.